The third kappa shape index (κ3) is 3.28. The van der Waals surface area contributed by atoms with E-state index in [9.17, 15) is 14.9 Å². The van der Waals surface area contributed by atoms with Crippen LogP contribution in [0.15, 0.2) is 48.5 Å². The fourth-order valence-electron chi connectivity index (χ4n) is 1.52. The maximum atomic E-state index is 12.0. The second-order valence-electron chi connectivity index (χ2n) is 3.74. The normalized spacial score (nSPS) is 9.95. The van der Waals surface area contributed by atoms with Crippen molar-refractivity contribution in [2.75, 3.05) is 5.32 Å². The number of nitrogens with zero attached hydrogens (tertiary/aromatic N) is 1. The summed E-state index contributed by atoms with van der Waals surface area (Å²) in [7, 11) is 0. The number of amides is 1. The van der Waals surface area contributed by atoms with Crippen molar-refractivity contribution in [3.8, 4) is 0 Å². The Hall–Kier alpha value is -1.96. The second kappa shape index (κ2) is 5.79. The molecule has 0 heterocycles. The van der Waals surface area contributed by atoms with Gasteiger partial charge in [0.05, 0.1) is 10.6 Å². The Morgan fingerprint density at radius 3 is 2.58 bits per heavy atom. The number of nitro groups is 1. The van der Waals surface area contributed by atoms with Crippen LogP contribution in [0.5, 0.6) is 0 Å². The number of benzene rings is 2. The standard InChI is InChI=1S/C13H9IN2O3/c14-11-6-1-2-7-12(11)15-13(17)9-4-3-5-10(8-9)16(18)19/h1-8H,(H,15,17). The van der Waals surface area contributed by atoms with Crippen molar-refractivity contribution in [3.05, 3.63) is 67.8 Å². The average molecular weight is 368 g/mol. The Kier molecular flexibility index (Phi) is 4.10. The van der Waals surface area contributed by atoms with Gasteiger partial charge in [0.25, 0.3) is 11.6 Å². The van der Waals surface area contributed by atoms with E-state index >= 15 is 0 Å². The van der Waals surface area contributed by atoms with Gasteiger partial charge in [0.1, 0.15) is 0 Å². The molecule has 0 spiro atoms. The van der Waals surface area contributed by atoms with Crippen molar-refractivity contribution in [2.45, 2.75) is 0 Å². The van der Waals surface area contributed by atoms with Crippen LogP contribution in [0.4, 0.5) is 11.4 Å². The third-order valence-electron chi connectivity index (χ3n) is 2.44. The van der Waals surface area contributed by atoms with E-state index in [1.807, 2.05) is 18.2 Å². The quantitative estimate of drug-likeness (QED) is 0.513. The third-order valence-corrected chi connectivity index (χ3v) is 3.38. The minimum absolute atomic E-state index is 0.101. The highest BCUT2D eigenvalue weighted by molar-refractivity contribution is 14.1. The molecule has 2 rings (SSSR count). The number of non-ortho nitro benzene ring substituents is 1. The summed E-state index contributed by atoms with van der Waals surface area (Å²) in [4.78, 5) is 22.1. The Morgan fingerprint density at radius 2 is 1.89 bits per heavy atom. The lowest BCUT2D eigenvalue weighted by Crippen LogP contribution is -2.12. The van der Waals surface area contributed by atoms with Crippen LogP contribution in [0.1, 0.15) is 10.4 Å². The number of para-hydroxylation sites is 1. The zero-order valence-electron chi connectivity index (χ0n) is 9.67. The van der Waals surface area contributed by atoms with Crippen molar-refractivity contribution in [3.63, 3.8) is 0 Å². The molecule has 0 aliphatic rings. The van der Waals surface area contributed by atoms with Gasteiger partial charge < -0.3 is 5.32 Å². The summed E-state index contributed by atoms with van der Waals surface area (Å²) in [5, 5.41) is 13.4. The van der Waals surface area contributed by atoms with E-state index in [1.165, 1.54) is 24.3 Å². The number of anilines is 1. The molecule has 0 bridgehead atoms. The number of nitrogens with one attached hydrogen (secondary N) is 1. The van der Waals surface area contributed by atoms with E-state index in [0.717, 1.165) is 3.57 Å². The van der Waals surface area contributed by atoms with Crippen molar-refractivity contribution < 1.29 is 9.72 Å². The molecule has 0 aromatic heterocycles. The van der Waals surface area contributed by atoms with E-state index in [1.54, 1.807) is 6.07 Å². The van der Waals surface area contributed by atoms with Gasteiger partial charge in [0.15, 0.2) is 0 Å². The van der Waals surface area contributed by atoms with Crippen LogP contribution in [-0.4, -0.2) is 10.8 Å². The molecule has 0 saturated heterocycles. The molecule has 0 radical (unpaired) electrons. The molecule has 0 unspecified atom stereocenters. The zero-order valence-corrected chi connectivity index (χ0v) is 11.8. The first kappa shape index (κ1) is 13.5. The zero-order chi connectivity index (χ0) is 13.8. The van der Waals surface area contributed by atoms with Gasteiger partial charge in [-0.05, 0) is 40.8 Å². The highest BCUT2D eigenvalue weighted by Crippen LogP contribution is 2.19. The predicted octanol–water partition coefficient (Wildman–Crippen LogP) is 3.45. The predicted molar refractivity (Wildman–Crippen MR) is 80.2 cm³/mol. The molecule has 0 aliphatic carbocycles. The summed E-state index contributed by atoms with van der Waals surface area (Å²) < 4.78 is 0.902. The van der Waals surface area contributed by atoms with E-state index in [-0.39, 0.29) is 17.2 Å². The largest absolute Gasteiger partial charge is 0.321 e. The van der Waals surface area contributed by atoms with Gasteiger partial charge in [-0.15, -0.1) is 0 Å². The first-order valence-electron chi connectivity index (χ1n) is 5.38. The molecule has 1 N–H and O–H groups in total. The average Bonchev–Trinajstić information content (AvgIpc) is 2.41. The fraction of sp³-hybridized carbons (Fsp3) is 0. The van der Waals surface area contributed by atoms with Crippen LogP contribution in [-0.2, 0) is 0 Å². The second-order valence-corrected chi connectivity index (χ2v) is 4.90. The number of nitro benzene ring substituents is 1. The fourth-order valence-corrected chi connectivity index (χ4v) is 2.04. The Labute approximate surface area is 122 Å². The lowest BCUT2D eigenvalue weighted by atomic mass is 10.2. The molecule has 2 aromatic carbocycles. The SMILES string of the molecule is O=C(Nc1ccccc1I)c1cccc([N+](=O)[O-])c1. The van der Waals surface area contributed by atoms with E-state index in [2.05, 4.69) is 27.9 Å². The first-order chi connectivity index (χ1) is 9.08. The molecular weight excluding hydrogens is 359 g/mol. The molecule has 0 atom stereocenters. The van der Waals surface area contributed by atoms with Crippen LogP contribution >= 0.6 is 22.6 Å². The van der Waals surface area contributed by atoms with Gasteiger partial charge in [-0.3, -0.25) is 14.9 Å². The van der Waals surface area contributed by atoms with Gasteiger partial charge in [-0.25, -0.2) is 0 Å². The number of halogens is 1. The van der Waals surface area contributed by atoms with Crippen molar-refractivity contribution in [1.29, 1.82) is 0 Å². The maximum absolute atomic E-state index is 12.0. The molecular formula is C13H9IN2O3. The van der Waals surface area contributed by atoms with Crippen LogP contribution in [0.25, 0.3) is 0 Å². The molecule has 0 aliphatic heterocycles. The number of hydrogen-bond donors (Lipinski definition) is 1. The molecule has 5 nitrogen and oxygen atoms in total. The summed E-state index contributed by atoms with van der Waals surface area (Å²) in [6.45, 7) is 0. The monoisotopic (exact) mass is 368 g/mol. The first-order valence-corrected chi connectivity index (χ1v) is 6.46. The number of rotatable bonds is 3. The minimum atomic E-state index is -0.525. The Morgan fingerprint density at radius 1 is 1.16 bits per heavy atom. The summed E-state index contributed by atoms with van der Waals surface area (Å²) in [6, 6.07) is 13.0. The van der Waals surface area contributed by atoms with Gasteiger partial charge in [-0.2, -0.15) is 0 Å². The van der Waals surface area contributed by atoms with Crippen LogP contribution < -0.4 is 5.32 Å². The smallest absolute Gasteiger partial charge is 0.270 e. The summed E-state index contributed by atoms with van der Waals surface area (Å²) in [6.07, 6.45) is 0. The number of hydrogen-bond acceptors (Lipinski definition) is 3. The lowest BCUT2D eigenvalue weighted by Gasteiger charge is -2.06. The van der Waals surface area contributed by atoms with Crippen LogP contribution in [0.3, 0.4) is 0 Å². The van der Waals surface area contributed by atoms with Crippen LogP contribution in [0, 0.1) is 13.7 Å². The Balaban J connectivity index is 2.23. The summed E-state index contributed by atoms with van der Waals surface area (Å²) in [5.41, 5.74) is 0.837. The van der Waals surface area contributed by atoms with Crippen LogP contribution in [0.2, 0.25) is 0 Å². The maximum Gasteiger partial charge on any atom is 0.270 e. The molecule has 6 heteroatoms. The molecule has 2 aromatic rings. The highest BCUT2D eigenvalue weighted by Gasteiger charge is 2.12. The number of carbonyl (C=O) groups is 1. The topological polar surface area (TPSA) is 72.2 Å². The molecule has 0 saturated carbocycles. The molecule has 96 valence electrons. The minimum Gasteiger partial charge on any atom is -0.321 e. The summed E-state index contributed by atoms with van der Waals surface area (Å²) in [5.74, 6) is -0.368. The van der Waals surface area contributed by atoms with Crippen molar-refractivity contribution in [1.82, 2.24) is 0 Å². The molecule has 19 heavy (non-hydrogen) atoms. The van der Waals surface area contributed by atoms with Crippen molar-refractivity contribution >= 4 is 39.9 Å². The Bertz CT molecular complexity index is 643. The summed E-state index contributed by atoms with van der Waals surface area (Å²) >= 11 is 2.11. The van der Waals surface area contributed by atoms with E-state index in [4.69, 9.17) is 0 Å². The van der Waals surface area contributed by atoms with Gasteiger partial charge in [0, 0.05) is 21.3 Å². The van der Waals surface area contributed by atoms with E-state index in [0.29, 0.717) is 5.69 Å². The molecule has 0 fully saturated rings. The van der Waals surface area contributed by atoms with E-state index < -0.39 is 4.92 Å². The highest BCUT2D eigenvalue weighted by atomic mass is 127. The lowest BCUT2D eigenvalue weighted by molar-refractivity contribution is -0.384. The number of carbonyl (C=O) groups excluding carboxylic acids is 1. The van der Waals surface area contributed by atoms with Gasteiger partial charge >= 0.3 is 0 Å². The molecule has 1 amide bonds. The van der Waals surface area contributed by atoms with Crippen molar-refractivity contribution in [2.24, 2.45) is 0 Å². The van der Waals surface area contributed by atoms with Gasteiger partial charge in [0.2, 0.25) is 0 Å². The van der Waals surface area contributed by atoms with Gasteiger partial charge in [-0.1, -0.05) is 18.2 Å².